The average molecular weight is 261 g/mol. The van der Waals surface area contributed by atoms with Crippen molar-refractivity contribution in [3.8, 4) is 0 Å². The van der Waals surface area contributed by atoms with Gasteiger partial charge in [0.2, 0.25) is 0 Å². The van der Waals surface area contributed by atoms with Gasteiger partial charge >= 0.3 is 0 Å². The van der Waals surface area contributed by atoms with Gasteiger partial charge in [0.25, 0.3) is 0 Å². The summed E-state index contributed by atoms with van der Waals surface area (Å²) in [5, 5.41) is 3.39. The Morgan fingerprint density at radius 1 is 1.05 bits per heavy atom. The van der Waals surface area contributed by atoms with Crippen LogP contribution < -0.4 is 5.32 Å². The molecule has 2 heteroatoms. The van der Waals surface area contributed by atoms with E-state index in [2.05, 4.69) is 29.6 Å². The van der Waals surface area contributed by atoms with Crippen molar-refractivity contribution in [1.82, 2.24) is 5.32 Å². The highest BCUT2D eigenvalue weighted by Crippen LogP contribution is 2.32. The van der Waals surface area contributed by atoms with Crippen molar-refractivity contribution >= 4 is 0 Å². The van der Waals surface area contributed by atoms with Gasteiger partial charge in [-0.1, -0.05) is 43.5 Å². The lowest BCUT2D eigenvalue weighted by molar-refractivity contribution is 0.199. The van der Waals surface area contributed by atoms with Crippen molar-refractivity contribution in [2.24, 2.45) is 0 Å². The molecule has 106 valence electrons. The van der Waals surface area contributed by atoms with E-state index in [9.17, 15) is 0 Å². The first-order valence-electron chi connectivity index (χ1n) is 7.68. The van der Waals surface area contributed by atoms with Gasteiger partial charge in [0.15, 0.2) is 0 Å². The Labute approximate surface area is 117 Å². The zero-order chi connectivity index (χ0) is 13.3. The number of ether oxygens (including phenoxy) is 1. The van der Waals surface area contributed by atoms with Gasteiger partial charge in [-0.05, 0) is 42.9 Å². The van der Waals surface area contributed by atoms with Crippen LogP contribution in [0.4, 0.5) is 0 Å². The number of benzene rings is 1. The molecule has 1 fully saturated rings. The van der Waals surface area contributed by atoms with Gasteiger partial charge in [0.05, 0.1) is 6.61 Å². The molecule has 0 saturated heterocycles. The summed E-state index contributed by atoms with van der Waals surface area (Å²) in [6, 6.07) is 9.31. The monoisotopic (exact) mass is 261 g/mol. The topological polar surface area (TPSA) is 21.3 Å². The molecule has 0 atom stereocenters. The summed E-state index contributed by atoms with van der Waals surface area (Å²) in [5.74, 6) is 0.822. The van der Waals surface area contributed by atoms with Crippen molar-refractivity contribution in [2.75, 3.05) is 26.8 Å². The van der Waals surface area contributed by atoms with Crippen LogP contribution in [0.3, 0.4) is 0 Å². The van der Waals surface area contributed by atoms with E-state index in [-0.39, 0.29) is 0 Å². The van der Waals surface area contributed by atoms with Crippen LogP contribution in [0, 0.1) is 0 Å². The smallest absolute Gasteiger partial charge is 0.0587 e. The fourth-order valence-electron chi connectivity index (χ4n) is 2.92. The van der Waals surface area contributed by atoms with Gasteiger partial charge in [-0.3, -0.25) is 0 Å². The SMILES string of the molecule is COCCNCCc1ccc(C2CCCCC2)cc1. The minimum Gasteiger partial charge on any atom is -0.383 e. The number of nitrogens with one attached hydrogen (secondary N) is 1. The summed E-state index contributed by atoms with van der Waals surface area (Å²) in [5.41, 5.74) is 2.99. The summed E-state index contributed by atoms with van der Waals surface area (Å²) in [6.45, 7) is 2.77. The highest BCUT2D eigenvalue weighted by molar-refractivity contribution is 5.25. The lowest BCUT2D eigenvalue weighted by atomic mass is 9.84. The summed E-state index contributed by atoms with van der Waals surface area (Å²) in [4.78, 5) is 0. The first kappa shape index (κ1) is 14.5. The third-order valence-electron chi connectivity index (χ3n) is 4.13. The lowest BCUT2D eigenvalue weighted by Gasteiger charge is -2.22. The predicted molar refractivity (Wildman–Crippen MR) is 80.7 cm³/mol. The third-order valence-corrected chi connectivity index (χ3v) is 4.13. The molecule has 0 aliphatic heterocycles. The Hall–Kier alpha value is -0.860. The second kappa shape index (κ2) is 8.34. The highest BCUT2D eigenvalue weighted by Gasteiger charge is 2.14. The number of rotatable bonds is 7. The van der Waals surface area contributed by atoms with Crippen LogP contribution in [0.15, 0.2) is 24.3 Å². The molecule has 0 aromatic heterocycles. The summed E-state index contributed by atoms with van der Waals surface area (Å²) in [7, 11) is 1.74. The normalized spacial score (nSPS) is 16.7. The number of methoxy groups -OCH3 is 1. The largest absolute Gasteiger partial charge is 0.383 e. The molecule has 0 radical (unpaired) electrons. The fraction of sp³-hybridized carbons (Fsp3) is 0.647. The van der Waals surface area contributed by atoms with Gasteiger partial charge in [-0.25, -0.2) is 0 Å². The van der Waals surface area contributed by atoms with Gasteiger partial charge in [0.1, 0.15) is 0 Å². The minimum atomic E-state index is 0.792. The number of hydrogen-bond acceptors (Lipinski definition) is 2. The molecule has 0 unspecified atom stereocenters. The lowest BCUT2D eigenvalue weighted by Crippen LogP contribution is -2.21. The maximum absolute atomic E-state index is 5.01. The Bertz CT molecular complexity index is 341. The molecule has 1 saturated carbocycles. The van der Waals surface area contributed by atoms with E-state index in [1.165, 1.54) is 37.7 Å². The minimum absolute atomic E-state index is 0.792. The fourth-order valence-corrected chi connectivity index (χ4v) is 2.92. The van der Waals surface area contributed by atoms with Crippen LogP contribution in [-0.2, 0) is 11.2 Å². The Morgan fingerprint density at radius 2 is 1.79 bits per heavy atom. The van der Waals surface area contributed by atoms with E-state index in [1.807, 2.05) is 0 Å². The molecule has 1 aliphatic carbocycles. The molecule has 1 N–H and O–H groups in total. The van der Waals surface area contributed by atoms with Crippen molar-refractivity contribution in [1.29, 1.82) is 0 Å². The maximum Gasteiger partial charge on any atom is 0.0587 e. The zero-order valence-electron chi connectivity index (χ0n) is 12.2. The molecule has 0 bridgehead atoms. The van der Waals surface area contributed by atoms with Crippen LogP contribution in [0.2, 0.25) is 0 Å². The van der Waals surface area contributed by atoms with E-state index in [0.717, 1.165) is 32.0 Å². The van der Waals surface area contributed by atoms with Crippen molar-refractivity contribution < 1.29 is 4.74 Å². The Balaban J connectivity index is 1.74. The van der Waals surface area contributed by atoms with E-state index in [0.29, 0.717) is 0 Å². The standard InChI is InChI=1S/C17H27NO/c1-19-14-13-18-12-11-15-7-9-17(10-8-15)16-5-3-2-4-6-16/h7-10,16,18H,2-6,11-14H2,1H3. The zero-order valence-corrected chi connectivity index (χ0v) is 12.2. The molecule has 0 heterocycles. The first-order chi connectivity index (χ1) is 9.40. The second-order valence-electron chi connectivity index (χ2n) is 5.57. The molecule has 19 heavy (non-hydrogen) atoms. The average Bonchev–Trinajstić information content (AvgIpc) is 2.49. The summed E-state index contributed by atoms with van der Waals surface area (Å²) in [6.07, 6.45) is 8.14. The van der Waals surface area contributed by atoms with Crippen LogP contribution in [0.5, 0.6) is 0 Å². The Kier molecular flexibility index (Phi) is 6.38. The van der Waals surface area contributed by atoms with Crippen molar-refractivity contribution in [3.63, 3.8) is 0 Å². The Morgan fingerprint density at radius 3 is 2.47 bits per heavy atom. The molecular formula is C17H27NO. The summed E-state index contributed by atoms with van der Waals surface area (Å²) < 4.78 is 5.01. The molecule has 1 aromatic rings. The molecule has 2 nitrogen and oxygen atoms in total. The molecule has 2 rings (SSSR count). The quantitative estimate of drug-likeness (QED) is 0.758. The van der Waals surface area contributed by atoms with Crippen LogP contribution in [0.25, 0.3) is 0 Å². The van der Waals surface area contributed by atoms with Gasteiger partial charge in [-0.15, -0.1) is 0 Å². The van der Waals surface area contributed by atoms with Gasteiger partial charge in [-0.2, -0.15) is 0 Å². The predicted octanol–water partition coefficient (Wildman–Crippen LogP) is 3.51. The van der Waals surface area contributed by atoms with Crippen LogP contribution in [0.1, 0.15) is 49.1 Å². The number of hydrogen-bond donors (Lipinski definition) is 1. The second-order valence-corrected chi connectivity index (χ2v) is 5.57. The van der Waals surface area contributed by atoms with E-state index in [4.69, 9.17) is 4.74 Å². The molecule has 1 aromatic carbocycles. The van der Waals surface area contributed by atoms with Crippen LogP contribution >= 0.6 is 0 Å². The summed E-state index contributed by atoms with van der Waals surface area (Å²) >= 11 is 0. The molecule has 0 spiro atoms. The molecule has 1 aliphatic rings. The highest BCUT2D eigenvalue weighted by atomic mass is 16.5. The molecule has 0 amide bonds. The maximum atomic E-state index is 5.01. The first-order valence-corrected chi connectivity index (χ1v) is 7.68. The van der Waals surface area contributed by atoms with E-state index < -0.39 is 0 Å². The van der Waals surface area contributed by atoms with Crippen molar-refractivity contribution in [3.05, 3.63) is 35.4 Å². The molecular weight excluding hydrogens is 234 g/mol. The van der Waals surface area contributed by atoms with Gasteiger partial charge in [0, 0.05) is 13.7 Å². The van der Waals surface area contributed by atoms with Crippen LogP contribution in [-0.4, -0.2) is 26.8 Å². The van der Waals surface area contributed by atoms with E-state index >= 15 is 0 Å². The van der Waals surface area contributed by atoms with E-state index in [1.54, 1.807) is 12.7 Å². The van der Waals surface area contributed by atoms with Crippen molar-refractivity contribution in [2.45, 2.75) is 44.4 Å². The third kappa shape index (κ3) is 4.96. The van der Waals surface area contributed by atoms with Gasteiger partial charge < -0.3 is 10.1 Å².